The molecule has 0 bridgehead atoms. The molecular weight excluding hydrogens is 282 g/mol. The third-order valence-electron chi connectivity index (χ3n) is 4.80. The van der Waals surface area contributed by atoms with Crippen molar-refractivity contribution in [3.8, 4) is 0 Å². The van der Waals surface area contributed by atoms with E-state index >= 15 is 0 Å². The molecule has 0 N–H and O–H groups in total. The van der Waals surface area contributed by atoms with Crippen molar-refractivity contribution in [1.82, 2.24) is 0 Å². The average Bonchev–Trinajstić information content (AvgIpc) is 2.58. The fourth-order valence-electron chi connectivity index (χ4n) is 3.78. The third kappa shape index (κ3) is 1.69. The van der Waals surface area contributed by atoms with Crippen molar-refractivity contribution in [3.63, 3.8) is 0 Å². The van der Waals surface area contributed by atoms with Gasteiger partial charge in [0.05, 0.1) is 19.1 Å². The van der Waals surface area contributed by atoms with Gasteiger partial charge in [0.25, 0.3) is 0 Å². The van der Waals surface area contributed by atoms with Gasteiger partial charge < -0.3 is 14.4 Å². The fraction of sp³-hybridized carbons (Fsp3) is 0.412. The van der Waals surface area contributed by atoms with Gasteiger partial charge in [-0.05, 0) is 18.1 Å². The van der Waals surface area contributed by atoms with Crippen molar-refractivity contribution in [1.29, 1.82) is 0 Å². The number of fused-ring (bicyclic) bond motifs is 3. The van der Waals surface area contributed by atoms with E-state index in [-0.39, 0.29) is 5.91 Å². The number of rotatable bonds is 2. The third-order valence-corrected chi connectivity index (χ3v) is 4.80. The molecule has 22 heavy (non-hydrogen) atoms. The van der Waals surface area contributed by atoms with Gasteiger partial charge in [-0.1, -0.05) is 30.4 Å². The Hall–Kier alpha value is -2.14. The molecule has 3 rings (SSSR count). The monoisotopic (exact) mass is 301 g/mol. The lowest BCUT2D eigenvalue weighted by molar-refractivity contribution is -0.160. The lowest BCUT2D eigenvalue weighted by Gasteiger charge is -2.49. The summed E-state index contributed by atoms with van der Waals surface area (Å²) in [5.41, 5.74) is 0.384. The first-order valence-corrected chi connectivity index (χ1v) is 7.24. The molecule has 1 aliphatic heterocycles. The van der Waals surface area contributed by atoms with Crippen LogP contribution in [0.4, 0.5) is 5.69 Å². The number of methoxy groups -OCH3 is 2. The molecular formula is C17H19NO4. The molecule has 1 aromatic carbocycles. The number of carbonyl (C=O) groups excluding carboxylic acids is 2. The molecule has 0 radical (unpaired) electrons. The molecule has 5 heteroatoms. The summed E-state index contributed by atoms with van der Waals surface area (Å²) in [6, 6.07) is 7.45. The van der Waals surface area contributed by atoms with E-state index in [0.717, 1.165) is 11.3 Å². The maximum Gasteiger partial charge on any atom is 0.320 e. The van der Waals surface area contributed by atoms with Gasteiger partial charge in [0.2, 0.25) is 5.91 Å². The van der Waals surface area contributed by atoms with Crippen LogP contribution in [0.1, 0.15) is 12.0 Å². The molecule has 116 valence electrons. The van der Waals surface area contributed by atoms with Crippen LogP contribution in [0.5, 0.6) is 0 Å². The molecule has 1 amide bonds. The zero-order valence-electron chi connectivity index (χ0n) is 12.9. The minimum absolute atomic E-state index is 0.0875. The number of allylic oxidation sites excluding steroid dienone is 1. The van der Waals surface area contributed by atoms with Crippen molar-refractivity contribution in [3.05, 3.63) is 42.0 Å². The van der Waals surface area contributed by atoms with Gasteiger partial charge in [-0.3, -0.25) is 9.59 Å². The van der Waals surface area contributed by atoms with Gasteiger partial charge in [0.1, 0.15) is 5.41 Å². The number of amides is 1. The quantitative estimate of drug-likeness (QED) is 0.616. The maximum atomic E-state index is 12.8. The second-order valence-corrected chi connectivity index (χ2v) is 5.65. The zero-order valence-corrected chi connectivity index (χ0v) is 12.9. The molecule has 5 nitrogen and oxygen atoms in total. The van der Waals surface area contributed by atoms with E-state index in [1.54, 1.807) is 19.1 Å². The summed E-state index contributed by atoms with van der Waals surface area (Å²) in [5.74, 6) is -1.03. The Labute approximate surface area is 129 Å². The smallest absolute Gasteiger partial charge is 0.320 e. The van der Waals surface area contributed by atoms with Crippen LogP contribution >= 0.6 is 0 Å². The Morgan fingerprint density at radius 2 is 2.05 bits per heavy atom. The standard InChI is InChI=1S/C17H19NO4/c1-18-13-9-5-4-7-11(13)17(16(20)22-3)12(15(18)19)8-6-10-14(17)21-2/h4-7,9-10,12,14H,8H2,1-3H3/t12-,14-,17-/m1/s1. The van der Waals surface area contributed by atoms with E-state index in [2.05, 4.69) is 0 Å². The Morgan fingerprint density at radius 3 is 2.73 bits per heavy atom. The normalized spacial score (nSPS) is 29.8. The van der Waals surface area contributed by atoms with Crippen molar-refractivity contribution in [2.24, 2.45) is 5.92 Å². The predicted octanol–water partition coefficient (Wildman–Crippen LogP) is 1.66. The van der Waals surface area contributed by atoms with Crippen LogP contribution in [0.25, 0.3) is 0 Å². The first kappa shape index (κ1) is 14.8. The van der Waals surface area contributed by atoms with Gasteiger partial charge in [-0.2, -0.15) is 0 Å². The number of benzene rings is 1. The second-order valence-electron chi connectivity index (χ2n) is 5.65. The SMILES string of the molecule is COC(=O)[C@]12c3ccccc3N(C)C(=O)[C@H]1CC=C[C@H]2OC. The Morgan fingerprint density at radius 1 is 1.32 bits per heavy atom. The van der Waals surface area contributed by atoms with E-state index in [1.165, 1.54) is 7.11 Å². The second kappa shape index (κ2) is 5.25. The molecule has 0 aromatic heterocycles. The van der Waals surface area contributed by atoms with Crippen molar-refractivity contribution in [2.45, 2.75) is 17.9 Å². The lowest BCUT2D eigenvalue weighted by atomic mass is 9.60. The van der Waals surface area contributed by atoms with Crippen molar-refractivity contribution >= 4 is 17.6 Å². The highest BCUT2D eigenvalue weighted by molar-refractivity contribution is 6.06. The predicted molar refractivity (Wildman–Crippen MR) is 81.6 cm³/mol. The topological polar surface area (TPSA) is 55.8 Å². The van der Waals surface area contributed by atoms with Crippen LogP contribution < -0.4 is 4.90 Å². The van der Waals surface area contributed by atoms with Gasteiger partial charge >= 0.3 is 5.97 Å². The highest BCUT2D eigenvalue weighted by Gasteiger charge is 2.61. The molecule has 0 fully saturated rings. The van der Waals surface area contributed by atoms with Gasteiger partial charge in [0, 0.05) is 19.8 Å². The number of hydrogen-bond donors (Lipinski definition) is 0. The Balaban J connectivity index is 2.35. The largest absolute Gasteiger partial charge is 0.468 e. The van der Waals surface area contributed by atoms with Crippen LogP contribution in [0.3, 0.4) is 0 Å². The first-order chi connectivity index (χ1) is 10.6. The molecule has 0 unspecified atom stereocenters. The molecule has 1 aliphatic carbocycles. The lowest BCUT2D eigenvalue weighted by Crippen LogP contribution is -2.61. The average molecular weight is 301 g/mol. The summed E-state index contributed by atoms with van der Waals surface area (Å²) in [4.78, 5) is 27.3. The first-order valence-electron chi connectivity index (χ1n) is 7.24. The molecule has 1 heterocycles. The fourth-order valence-corrected chi connectivity index (χ4v) is 3.78. The number of ether oxygens (including phenoxy) is 2. The Bertz CT molecular complexity index is 654. The highest BCUT2D eigenvalue weighted by Crippen LogP contribution is 2.50. The number of nitrogens with zero attached hydrogens (tertiary/aromatic N) is 1. The van der Waals surface area contributed by atoms with Crippen LogP contribution in [-0.4, -0.2) is 39.2 Å². The molecule has 2 aliphatic rings. The number of carbonyl (C=O) groups is 2. The summed E-state index contributed by atoms with van der Waals surface area (Å²) in [6.07, 6.45) is 3.71. The summed E-state index contributed by atoms with van der Waals surface area (Å²) < 4.78 is 10.7. The minimum atomic E-state index is -1.13. The number of hydrogen-bond acceptors (Lipinski definition) is 4. The summed E-state index contributed by atoms with van der Waals surface area (Å²) >= 11 is 0. The van der Waals surface area contributed by atoms with Gasteiger partial charge in [-0.25, -0.2) is 0 Å². The van der Waals surface area contributed by atoms with E-state index < -0.39 is 23.4 Å². The van der Waals surface area contributed by atoms with Crippen LogP contribution in [0, 0.1) is 5.92 Å². The summed E-state index contributed by atoms with van der Waals surface area (Å²) in [6.45, 7) is 0. The van der Waals surface area contributed by atoms with Crippen LogP contribution in [0.15, 0.2) is 36.4 Å². The molecule has 0 spiro atoms. The van der Waals surface area contributed by atoms with E-state index in [1.807, 2.05) is 36.4 Å². The Kier molecular flexibility index (Phi) is 3.53. The van der Waals surface area contributed by atoms with Crippen molar-refractivity contribution < 1.29 is 19.1 Å². The number of esters is 1. The summed E-state index contributed by atoms with van der Waals surface area (Å²) in [5, 5.41) is 0. The van der Waals surface area contributed by atoms with Gasteiger partial charge in [0.15, 0.2) is 0 Å². The minimum Gasteiger partial charge on any atom is -0.468 e. The highest BCUT2D eigenvalue weighted by atomic mass is 16.5. The molecule has 0 saturated carbocycles. The molecule has 0 saturated heterocycles. The van der Waals surface area contributed by atoms with Crippen LogP contribution in [-0.2, 0) is 24.5 Å². The number of anilines is 1. The summed E-state index contributed by atoms with van der Waals surface area (Å²) in [7, 11) is 4.64. The molecule has 3 atom stereocenters. The van der Waals surface area contributed by atoms with Gasteiger partial charge in [-0.15, -0.1) is 0 Å². The van der Waals surface area contributed by atoms with Crippen LogP contribution in [0.2, 0.25) is 0 Å². The number of para-hydroxylation sites is 1. The zero-order chi connectivity index (χ0) is 15.9. The van der Waals surface area contributed by atoms with E-state index in [9.17, 15) is 9.59 Å². The maximum absolute atomic E-state index is 12.8. The molecule has 1 aromatic rings. The van der Waals surface area contributed by atoms with E-state index in [4.69, 9.17) is 9.47 Å². The van der Waals surface area contributed by atoms with E-state index in [0.29, 0.717) is 6.42 Å². The van der Waals surface area contributed by atoms with Crippen molar-refractivity contribution in [2.75, 3.05) is 26.2 Å².